The summed E-state index contributed by atoms with van der Waals surface area (Å²) in [6.07, 6.45) is 1.96. The first-order valence-corrected chi connectivity index (χ1v) is 15.1. The molecule has 0 heterocycles. The third kappa shape index (κ3) is 10.8. The average molecular weight is 525 g/mol. The van der Waals surface area contributed by atoms with Crippen molar-refractivity contribution in [3.63, 3.8) is 0 Å². The topological polar surface area (TPSA) is 85.9 Å². The van der Waals surface area contributed by atoms with E-state index in [9.17, 15) is 8.42 Å². The summed E-state index contributed by atoms with van der Waals surface area (Å²) >= 11 is 0. The van der Waals surface area contributed by atoms with E-state index in [1.54, 1.807) is 14.2 Å². The van der Waals surface area contributed by atoms with Gasteiger partial charge in [-0.05, 0) is 70.9 Å². The van der Waals surface area contributed by atoms with Gasteiger partial charge in [-0.15, -0.1) is 0 Å². The monoisotopic (exact) mass is 524 g/mol. The van der Waals surface area contributed by atoms with Gasteiger partial charge in [0.25, 0.3) is 0 Å². The molecule has 7 nitrogen and oxygen atoms in total. The van der Waals surface area contributed by atoms with Crippen molar-refractivity contribution in [1.29, 1.82) is 0 Å². The molecular weight excluding hydrogens is 484 g/mol. The van der Waals surface area contributed by atoms with Gasteiger partial charge in [0, 0.05) is 31.9 Å². The Morgan fingerprint density at radius 3 is 1.83 bits per heavy atom. The number of rotatable bonds is 18. The maximum atomic E-state index is 12.2. The van der Waals surface area contributed by atoms with Crippen molar-refractivity contribution in [3.05, 3.63) is 59.7 Å². The van der Waals surface area contributed by atoms with Crippen LogP contribution in [0.5, 0.6) is 11.5 Å². The second-order valence-corrected chi connectivity index (χ2v) is 11.9. The van der Waals surface area contributed by atoms with Crippen molar-refractivity contribution in [2.45, 2.75) is 38.5 Å². The van der Waals surface area contributed by atoms with Gasteiger partial charge in [0.15, 0.2) is 0 Å². The van der Waals surface area contributed by atoms with Crippen molar-refractivity contribution in [1.82, 2.24) is 10.6 Å². The van der Waals surface area contributed by atoms with Crippen LogP contribution in [-0.2, 0) is 13.3 Å². The lowest BCUT2D eigenvalue weighted by atomic mass is 9.96. The number of benzene rings is 2. The van der Waals surface area contributed by atoms with Crippen LogP contribution in [0.3, 0.4) is 0 Å². The number of hydrogen-bond acceptors (Lipinski definition) is 8. The fraction of sp³-hybridized carbons (Fsp3) is 0.538. The van der Waals surface area contributed by atoms with E-state index >= 15 is 0 Å². The van der Waals surface area contributed by atoms with Crippen LogP contribution in [0.15, 0.2) is 48.5 Å². The summed E-state index contributed by atoms with van der Waals surface area (Å²) in [7, 11) is 0.549. The molecule has 2 N–H and O–H groups in total. The van der Waals surface area contributed by atoms with Gasteiger partial charge in [0.05, 0.1) is 20.8 Å². The van der Waals surface area contributed by atoms with Crippen LogP contribution in [0.2, 0.25) is 0 Å². The predicted molar refractivity (Wildman–Crippen MR) is 145 cm³/mol. The number of nitrogens with one attached hydrogen (secondary N) is 2. The SMILES string of the molecule is CC[C@H](CNCCOS(=O)(=O)SCCNC[C@@H](CC)c1cccc(OC)c1)c1cccc(OC)c1. The lowest BCUT2D eigenvalue weighted by Gasteiger charge is -2.17. The van der Waals surface area contributed by atoms with E-state index in [-0.39, 0.29) is 6.61 Å². The van der Waals surface area contributed by atoms with E-state index in [0.717, 1.165) is 48.2 Å². The van der Waals surface area contributed by atoms with Crippen LogP contribution in [0.4, 0.5) is 0 Å². The summed E-state index contributed by atoms with van der Waals surface area (Å²) in [5, 5.41) is 6.66. The van der Waals surface area contributed by atoms with Gasteiger partial charge in [-0.1, -0.05) is 38.1 Å². The molecule has 0 spiro atoms. The maximum Gasteiger partial charge on any atom is 0.322 e. The van der Waals surface area contributed by atoms with E-state index < -0.39 is 9.15 Å². The molecule has 2 aromatic carbocycles. The first kappa shape index (κ1) is 29.5. The Kier molecular flexibility index (Phi) is 13.5. The van der Waals surface area contributed by atoms with Gasteiger partial charge < -0.3 is 20.1 Å². The third-order valence-corrected chi connectivity index (χ3v) is 8.68. The molecule has 196 valence electrons. The molecule has 0 bridgehead atoms. The minimum atomic E-state index is -3.61. The summed E-state index contributed by atoms with van der Waals surface area (Å²) in [6, 6.07) is 16.1. The molecule has 0 aliphatic carbocycles. The van der Waals surface area contributed by atoms with Crippen LogP contribution in [-0.4, -0.2) is 61.2 Å². The second-order valence-electron chi connectivity index (χ2n) is 8.22. The van der Waals surface area contributed by atoms with Gasteiger partial charge >= 0.3 is 9.15 Å². The fourth-order valence-corrected chi connectivity index (χ4v) is 5.86. The van der Waals surface area contributed by atoms with Crippen LogP contribution in [0.1, 0.15) is 49.7 Å². The minimum absolute atomic E-state index is 0.116. The van der Waals surface area contributed by atoms with E-state index in [1.807, 2.05) is 30.3 Å². The van der Waals surface area contributed by atoms with Crippen LogP contribution in [0, 0.1) is 0 Å². The summed E-state index contributed by atoms with van der Waals surface area (Å²) in [6.45, 7) is 6.98. The molecule has 0 saturated heterocycles. The Hall–Kier alpha value is -1.78. The zero-order chi connectivity index (χ0) is 25.5. The predicted octanol–water partition coefficient (Wildman–Crippen LogP) is 4.57. The molecule has 0 radical (unpaired) electrons. The van der Waals surface area contributed by atoms with Gasteiger partial charge in [-0.3, -0.25) is 4.18 Å². The number of ether oxygens (including phenoxy) is 2. The van der Waals surface area contributed by atoms with E-state index in [0.29, 0.717) is 30.7 Å². The van der Waals surface area contributed by atoms with Crippen molar-refractivity contribution in [2.24, 2.45) is 0 Å². The lowest BCUT2D eigenvalue weighted by molar-refractivity contribution is 0.323. The Morgan fingerprint density at radius 2 is 1.34 bits per heavy atom. The normalized spacial score (nSPS) is 13.4. The largest absolute Gasteiger partial charge is 0.497 e. The van der Waals surface area contributed by atoms with E-state index in [1.165, 1.54) is 11.1 Å². The van der Waals surface area contributed by atoms with Gasteiger partial charge in [-0.2, -0.15) is 8.42 Å². The van der Waals surface area contributed by atoms with E-state index in [2.05, 4.69) is 42.7 Å². The highest BCUT2D eigenvalue weighted by Crippen LogP contribution is 2.24. The minimum Gasteiger partial charge on any atom is -0.497 e. The van der Waals surface area contributed by atoms with E-state index in [4.69, 9.17) is 13.7 Å². The summed E-state index contributed by atoms with van der Waals surface area (Å²) in [4.78, 5) is 0. The van der Waals surface area contributed by atoms with Crippen molar-refractivity contribution < 1.29 is 22.1 Å². The van der Waals surface area contributed by atoms with Crippen molar-refractivity contribution in [3.8, 4) is 11.5 Å². The zero-order valence-electron chi connectivity index (χ0n) is 21.3. The average Bonchev–Trinajstić information content (AvgIpc) is 2.88. The Labute approximate surface area is 214 Å². The molecule has 0 saturated carbocycles. The summed E-state index contributed by atoms with van der Waals surface area (Å²) < 4.78 is 40.1. The standard InChI is InChI=1S/C26H40N2O5S2/c1-5-21(23-9-7-11-25(17-23)31-3)19-27-13-15-33-35(29,30)34-16-14-28-20-22(6-2)24-10-8-12-26(18-24)32-4/h7-12,17-18,21-22,27-28H,5-6,13-16,19-20H2,1-4H3/t21-,22-/m1/s1. The highest BCUT2D eigenvalue weighted by molar-refractivity contribution is 8.70. The molecule has 0 fully saturated rings. The second kappa shape index (κ2) is 16.1. The summed E-state index contributed by atoms with van der Waals surface area (Å²) in [5.41, 5.74) is 2.42. The molecule has 9 heteroatoms. The molecule has 2 aromatic rings. The van der Waals surface area contributed by atoms with Gasteiger partial charge in [0.2, 0.25) is 0 Å². The number of hydrogen-bond donors (Lipinski definition) is 2. The zero-order valence-corrected chi connectivity index (χ0v) is 22.9. The van der Waals surface area contributed by atoms with Crippen molar-refractivity contribution >= 4 is 19.9 Å². The van der Waals surface area contributed by atoms with Gasteiger partial charge in [-0.25, -0.2) is 0 Å². The molecule has 35 heavy (non-hydrogen) atoms. The molecule has 0 aromatic heterocycles. The quantitative estimate of drug-likeness (QED) is 0.217. The molecule has 0 aliphatic rings. The Bertz CT molecular complexity index is 900. The molecule has 2 atom stereocenters. The molecule has 0 unspecified atom stereocenters. The summed E-state index contributed by atoms with van der Waals surface area (Å²) in [5.74, 6) is 2.79. The first-order valence-electron chi connectivity index (χ1n) is 12.2. The Morgan fingerprint density at radius 1 is 0.829 bits per heavy atom. The maximum absolute atomic E-state index is 12.2. The highest BCUT2D eigenvalue weighted by Gasteiger charge is 2.14. The van der Waals surface area contributed by atoms with Crippen LogP contribution < -0.4 is 20.1 Å². The molecule has 0 amide bonds. The third-order valence-electron chi connectivity index (χ3n) is 5.91. The Balaban J connectivity index is 1.63. The molecule has 2 rings (SSSR count). The molecular formula is C26H40N2O5S2. The van der Waals surface area contributed by atoms with Crippen LogP contribution >= 0.6 is 10.8 Å². The highest BCUT2D eigenvalue weighted by atomic mass is 33.1. The fourth-order valence-electron chi connectivity index (χ4n) is 3.81. The molecule has 0 aliphatic heterocycles. The lowest BCUT2D eigenvalue weighted by Crippen LogP contribution is -2.26. The van der Waals surface area contributed by atoms with Crippen LogP contribution in [0.25, 0.3) is 0 Å². The van der Waals surface area contributed by atoms with Crippen molar-refractivity contribution in [2.75, 3.05) is 52.8 Å². The number of methoxy groups -OCH3 is 2. The van der Waals surface area contributed by atoms with Gasteiger partial charge in [0.1, 0.15) is 11.5 Å². The first-order chi connectivity index (χ1) is 16.9. The smallest absolute Gasteiger partial charge is 0.322 e.